The van der Waals surface area contributed by atoms with Gasteiger partial charge >= 0.3 is 6.18 Å². The van der Waals surface area contributed by atoms with Crippen LogP contribution >= 0.6 is 0 Å². The Hall–Kier alpha value is -1.03. The summed E-state index contributed by atoms with van der Waals surface area (Å²) in [6.45, 7) is 0.559. The van der Waals surface area contributed by atoms with Gasteiger partial charge in [0.1, 0.15) is 0 Å². The Bertz CT molecular complexity index is 420. The molecule has 106 valence electrons. The lowest BCUT2D eigenvalue weighted by molar-refractivity contribution is -0.137. The van der Waals surface area contributed by atoms with Crippen LogP contribution in [0, 0.1) is 5.41 Å². The lowest BCUT2D eigenvalue weighted by atomic mass is 9.70. The standard InChI is InChI=1S/C15H20F3N/c16-15(17,18)13-6-4-5-12(9-13)10-14(11-19)7-2-1-3-8-14/h4-6,9H,1-3,7-8,10-11,19H2. The first kappa shape index (κ1) is 14.4. The number of alkyl halides is 3. The molecule has 4 heteroatoms. The zero-order valence-electron chi connectivity index (χ0n) is 11.0. The smallest absolute Gasteiger partial charge is 0.330 e. The maximum Gasteiger partial charge on any atom is 0.416 e. The molecular weight excluding hydrogens is 251 g/mol. The van der Waals surface area contributed by atoms with E-state index in [-0.39, 0.29) is 5.41 Å². The van der Waals surface area contributed by atoms with Gasteiger partial charge in [0.05, 0.1) is 5.56 Å². The third-order valence-electron chi connectivity index (χ3n) is 4.18. The van der Waals surface area contributed by atoms with Crippen molar-refractivity contribution in [1.82, 2.24) is 0 Å². The predicted octanol–water partition coefficient (Wildman–Crippen LogP) is 4.16. The Morgan fingerprint density at radius 2 is 1.79 bits per heavy atom. The van der Waals surface area contributed by atoms with Crippen molar-refractivity contribution in [2.75, 3.05) is 6.54 Å². The number of halogens is 3. The third-order valence-corrected chi connectivity index (χ3v) is 4.18. The van der Waals surface area contributed by atoms with Gasteiger partial charge in [-0.25, -0.2) is 0 Å². The van der Waals surface area contributed by atoms with Crippen LogP contribution in [0.4, 0.5) is 13.2 Å². The maximum atomic E-state index is 12.7. The molecule has 0 saturated heterocycles. The van der Waals surface area contributed by atoms with Crippen LogP contribution in [0.25, 0.3) is 0 Å². The van der Waals surface area contributed by atoms with Gasteiger partial charge in [0.2, 0.25) is 0 Å². The Kier molecular flexibility index (Phi) is 4.19. The van der Waals surface area contributed by atoms with Crippen LogP contribution in [-0.2, 0) is 12.6 Å². The first-order chi connectivity index (χ1) is 8.95. The van der Waals surface area contributed by atoms with Crippen molar-refractivity contribution in [3.05, 3.63) is 35.4 Å². The van der Waals surface area contributed by atoms with Gasteiger partial charge in [-0.3, -0.25) is 0 Å². The summed E-state index contributed by atoms with van der Waals surface area (Å²) in [5.74, 6) is 0. The molecule has 1 aromatic rings. The van der Waals surface area contributed by atoms with E-state index < -0.39 is 11.7 Å². The Morgan fingerprint density at radius 1 is 1.11 bits per heavy atom. The number of rotatable bonds is 3. The van der Waals surface area contributed by atoms with Crippen LogP contribution in [0.2, 0.25) is 0 Å². The molecule has 1 aliphatic carbocycles. The van der Waals surface area contributed by atoms with E-state index in [0.29, 0.717) is 13.0 Å². The normalized spacial score (nSPS) is 19.4. The van der Waals surface area contributed by atoms with E-state index in [9.17, 15) is 13.2 Å². The van der Waals surface area contributed by atoms with Crippen molar-refractivity contribution in [3.8, 4) is 0 Å². The molecule has 1 fully saturated rings. The summed E-state index contributed by atoms with van der Waals surface area (Å²) in [6.07, 6.45) is 1.93. The van der Waals surface area contributed by atoms with Crippen LogP contribution in [0.1, 0.15) is 43.2 Å². The van der Waals surface area contributed by atoms with E-state index in [1.54, 1.807) is 6.07 Å². The van der Waals surface area contributed by atoms with E-state index in [0.717, 1.165) is 37.3 Å². The first-order valence-electron chi connectivity index (χ1n) is 6.81. The van der Waals surface area contributed by atoms with Crippen LogP contribution in [0.15, 0.2) is 24.3 Å². The summed E-state index contributed by atoms with van der Waals surface area (Å²) in [4.78, 5) is 0. The van der Waals surface area contributed by atoms with Crippen molar-refractivity contribution in [3.63, 3.8) is 0 Å². The van der Waals surface area contributed by atoms with Gasteiger partial charge in [-0.05, 0) is 42.9 Å². The molecule has 1 aromatic carbocycles. The van der Waals surface area contributed by atoms with Gasteiger partial charge in [0.25, 0.3) is 0 Å². The van der Waals surface area contributed by atoms with Crippen LogP contribution in [0.5, 0.6) is 0 Å². The van der Waals surface area contributed by atoms with E-state index in [4.69, 9.17) is 5.73 Å². The van der Waals surface area contributed by atoms with Crippen LogP contribution in [0.3, 0.4) is 0 Å². The summed E-state index contributed by atoms with van der Waals surface area (Å²) in [5, 5.41) is 0. The van der Waals surface area contributed by atoms with E-state index >= 15 is 0 Å². The second-order valence-electron chi connectivity index (χ2n) is 5.64. The minimum absolute atomic E-state index is 0.00245. The van der Waals surface area contributed by atoms with Crippen LogP contribution < -0.4 is 5.73 Å². The average Bonchev–Trinajstić information content (AvgIpc) is 2.39. The Labute approximate surface area is 112 Å². The highest BCUT2D eigenvalue weighted by Gasteiger charge is 2.33. The van der Waals surface area contributed by atoms with Gasteiger partial charge < -0.3 is 5.73 Å². The molecule has 0 spiro atoms. The van der Waals surface area contributed by atoms with Gasteiger partial charge in [-0.2, -0.15) is 13.2 Å². The lowest BCUT2D eigenvalue weighted by Gasteiger charge is -2.36. The Morgan fingerprint density at radius 3 is 2.37 bits per heavy atom. The second-order valence-corrected chi connectivity index (χ2v) is 5.64. The van der Waals surface area contributed by atoms with Crippen molar-refractivity contribution in [2.24, 2.45) is 11.1 Å². The largest absolute Gasteiger partial charge is 0.416 e. The molecule has 0 amide bonds. The summed E-state index contributed by atoms with van der Waals surface area (Å²) >= 11 is 0. The van der Waals surface area contributed by atoms with Crippen LogP contribution in [-0.4, -0.2) is 6.54 Å². The molecule has 0 aliphatic heterocycles. The SMILES string of the molecule is NCC1(Cc2cccc(C(F)(F)F)c2)CCCCC1. The molecule has 2 rings (SSSR count). The van der Waals surface area contributed by atoms with Crippen molar-refractivity contribution in [1.29, 1.82) is 0 Å². The quantitative estimate of drug-likeness (QED) is 0.877. The first-order valence-corrected chi connectivity index (χ1v) is 6.81. The summed E-state index contributed by atoms with van der Waals surface area (Å²) in [6, 6.07) is 5.66. The van der Waals surface area contributed by atoms with E-state index in [1.807, 2.05) is 0 Å². The molecule has 1 aliphatic rings. The van der Waals surface area contributed by atoms with Gasteiger partial charge in [0, 0.05) is 0 Å². The topological polar surface area (TPSA) is 26.0 Å². The molecule has 1 nitrogen and oxygen atoms in total. The van der Waals surface area contributed by atoms with Crippen molar-refractivity contribution >= 4 is 0 Å². The van der Waals surface area contributed by atoms with Gasteiger partial charge in [-0.1, -0.05) is 37.5 Å². The summed E-state index contributed by atoms with van der Waals surface area (Å²) in [7, 11) is 0. The van der Waals surface area contributed by atoms with Gasteiger partial charge in [0.15, 0.2) is 0 Å². The number of nitrogens with two attached hydrogens (primary N) is 1. The monoisotopic (exact) mass is 271 g/mol. The molecule has 0 radical (unpaired) electrons. The highest BCUT2D eigenvalue weighted by molar-refractivity contribution is 5.26. The molecule has 2 N–H and O–H groups in total. The fraction of sp³-hybridized carbons (Fsp3) is 0.600. The molecule has 19 heavy (non-hydrogen) atoms. The fourth-order valence-corrected chi connectivity index (χ4v) is 3.05. The summed E-state index contributed by atoms with van der Waals surface area (Å²) < 4.78 is 38.1. The number of benzene rings is 1. The highest BCUT2D eigenvalue weighted by atomic mass is 19.4. The average molecular weight is 271 g/mol. The summed E-state index contributed by atoms with van der Waals surface area (Å²) in [5.41, 5.74) is 6.08. The van der Waals surface area contributed by atoms with Crippen molar-refractivity contribution in [2.45, 2.75) is 44.7 Å². The predicted molar refractivity (Wildman–Crippen MR) is 69.7 cm³/mol. The molecule has 0 bridgehead atoms. The fourth-order valence-electron chi connectivity index (χ4n) is 3.05. The third kappa shape index (κ3) is 3.50. The lowest BCUT2D eigenvalue weighted by Crippen LogP contribution is -2.34. The molecule has 0 unspecified atom stereocenters. The van der Waals surface area contributed by atoms with Crippen molar-refractivity contribution < 1.29 is 13.2 Å². The molecule has 0 atom stereocenters. The zero-order valence-corrected chi connectivity index (χ0v) is 11.0. The maximum absolute atomic E-state index is 12.7. The Balaban J connectivity index is 2.18. The minimum Gasteiger partial charge on any atom is -0.330 e. The van der Waals surface area contributed by atoms with E-state index in [1.165, 1.54) is 18.6 Å². The second kappa shape index (κ2) is 5.53. The van der Waals surface area contributed by atoms with Gasteiger partial charge in [-0.15, -0.1) is 0 Å². The van der Waals surface area contributed by atoms with E-state index in [2.05, 4.69) is 0 Å². The number of hydrogen-bond donors (Lipinski definition) is 1. The minimum atomic E-state index is -4.27. The molecular formula is C15H20F3N. The highest BCUT2D eigenvalue weighted by Crippen LogP contribution is 2.39. The molecule has 0 aromatic heterocycles. The number of hydrogen-bond acceptors (Lipinski definition) is 1. The molecule has 0 heterocycles. The zero-order chi connectivity index (χ0) is 13.9. The molecule has 1 saturated carbocycles.